The molecule has 1 amide bonds. The molecule has 0 aliphatic carbocycles. The van der Waals surface area contributed by atoms with Gasteiger partial charge in [-0.3, -0.25) is 9.59 Å². The third kappa shape index (κ3) is 5.81. The van der Waals surface area contributed by atoms with Gasteiger partial charge in [0.1, 0.15) is 5.75 Å². The molecule has 0 aromatic heterocycles. The summed E-state index contributed by atoms with van der Waals surface area (Å²) in [6, 6.07) is 13.6. The number of aliphatic hydroxyl groups is 1. The molecule has 2 rings (SSSR count). The van der Waals surface area contributed by atoms with Crippen LogP contribution in [0.3, 0.4) is 0 Å². The lowest BCUT2D eigenvalue weighted by Crippen LogP contribution is -2.35. The van der Waals surface area contributed by atoms with Crippen LogP contribution in [0.5, 0.6) is 5.75 Å². The van der Waals surface area contributed by atoms with Crippen molar-refractivity contribution >= 4 is 17.6 Å². The average molecular weight is 399 g/mol. The number of hydrogen-bond donors (Lipinski definition) is 3. The maximum atomic E-state index is 12.4. The van der Waals surface area contributed by atoms with Gasteiger partial charge in [0.25, 0.3) is 5.91 Å². The highest BCUT2D eigenvalue weighted by Gasteiger charge is 2.38. The molecule has 0 aliphatic rings. The van der Waals surface area contributed by atoms with Gasteiger partial charge in [0, 0.05) is 5.69 Å². The zero-order valence-electron chi connectivity index (χ0n) is 17.3. The Morgan fingerprint density at radius 1 is 1.10 bits per heavy atom. The molecule has 156 valence electrons. The van der Waals surface area contributed by atoms with Crippen LogP contribution in [0, 0.1) is 5.41 Å². The highest BCUT2D eigenvalue weighted by molar-refractivity contribution is 5.93. The van der Waals surface area contributed by atoms with E-state index in [1.165, 1.54) is 31.5 Å². The Morgan fingerprint density at radius 3 is 2.34 bits per heavy atom. The number of hydrogen-bond acceptors (Lipinski definition) is 5. The van der Waals surface area contributed by atoms with Gasteiger partial charge < -0.3 is 20.3 Å². The molecule has 2 aromatic carbocycles. The highest BCUT2D eigenvalue weighted by atomic mass is 16.5. The summed E-state index contributed by atoms with van der Waals surface area (Å²) < 4.78 is 5.12. The van der Waals surface area contributed by atoms with Gasteiger partial charge in [-0.25, -0.2) is 0 Å². The molecule has 2 atom stereocenters. The minimum atomic E-state index is -1.30. The van der Waals surface area contributed by atoms with E-state index in [9.17, 15) is 19.8 Å². The van der Waals surface area contributed by atoms with Crippen LogP contribution in [-0.4, -0.2) is 28.7 Å². The first kappa shape index (κ1) is 22.4. The quantitative estimate of drug-likeness (QED) is 0.580. The molecule has 2 aromatic rings. The number of phenolic OH excluding ortho intramolecular Hbond substituents is 1. The number of nitrogens with one attached hydrogen (secondary N) is 1. The van der Waals surface area contributed by atoms with Crippen molar-refractivity contribution in [3.63, 3.8) is 0 Å². The van der Waals surface area contributed by atoms with Gasteiger partial charge in [-0.05, 0) is 61.6 Å². The van der Waals surface area contributed by atoms with Crippen molar-refractivity contribution in [3.05, 3.63) is 59.7 Å². The molecule has 0 unspecified atom stereocenters. The standard InChI is InChI=1S/C23H29NO5/c1-5-15(2)16-9-11-18(12-10-16)24-20(26)14-29-22(28)23(3,4)21(27)17-7-6-8-19(25)13-17/h6-13,15,21,25,27H,5,14H2,1-4H3,(H,24,26)/t15-,21-/m1/s1. The molecule has 0 bridgehead atoms. The fraction of sp³-hybridized carbons (Fsp3) is 0.391. The Hall–Kier alpha value is -2.86. The zero-order valence-corrected chi connectivity index (χ0v) is 17.3. The molecule has 0 saturated carbocycles. The minimum absolute atomic E-state index is 0.00977. The summed E-state index contributed by atoms with van der Waals surface area (Å²) in [7, 11) is 0. The molecule has 6 heteroatoms. The third-order valence-electron chi connectivity index (χ3n) is 5.11. The molecule has 0 spiro atoms. The number of anilines is 1. The summed E-state index contributed by atoms with van der Waals surface area (Å²) in [5, 5.41) is 22.8. The van der Waals surface area contributed by atoms with Crippen LogP contribution < -0.4 is 5.32 Å². The van der Waals surface area contributed by atoms with Gasteiger partial charge in [0.2, 0.25) is 0 Å². The van der Waals surface area contributed by atoms with Gasteiger partial charge in [-0.1, -0.05) is 38.1 Å². The zero-order chi connectivity index (χ0) is 21.6. The van der Waals surface area contributed by atoms with Gasteiger partial charge in [0.15, 0.2) is 6.61 Å². The number of rotatable bonds is 8. The van der Waals surface area contributed by atoms with Crippen molar-refractivity contribution in [2.75, 3.05) is 11.9 Å². The highest BCUT2D eigenvalue weighted by Crippen LogP contribution is 2.35. The second-order valence-electron chi connectivity index (χ2n) is 7.77. The first-order valence-corrected chi connectivity index (χ1v) is 9.69. The van der Waals surface area contributed by atoms with Crippen LogP contribution in [-0.2, 0) is 14.3 Å². The van der Waals surface area contributed by atoms with Crippen molar-refractivity contribution in [2.24, 2.45) is 5.41 Å². The Morgan fingerprint density at radius 2 is 1.76 bits per heavy atom. The maximum Gasteiger partial charge on any atom is 0.315 e. The summed E-state index contributed by atoms with van der Waals surface area (Å²) >= 11 is 0. The monoisotopic (exact) mass is 399 g/mol. The Labute approximate surface area is 171 Å². The van der Waals surface area contributed by atoms with E-state index in [1.807, 2.05) is 24.3 Å². The first-order valence-electron chi connectivity index (χ1n) is 9.69. The van der Waals surface area contributed by atoms with Crippen molar-refractivity contribution in [1.82, 2.24) is 0 Å². The van der Waals surface area contributed by atoms with E-state index >= 15 is 0 Å². The summed E-state index contributed by atoms with van der Waals surface area (Å²) in [6.45, 7) is 6.85. The van der Waals surface area contributed by atoms with Gasteiger partial charge >= 0.3 is 5.97 Å². The van der Waals surface area contributed by atoms with E-state index in [-0.39, 0.29) is 5.75 Å². The van der Waals surface area contributed by atoms with Crippen molar-refractivity contribution in [2.45, 2.75) is 46.1 Å². The lowest BCUT2D eigenvalue weighted by Gasteiger charge is -2.28. The van der Waals surface area contributed by atoms with Crippen LogP contribution in [0.25, 0.3) is 0 Å². The van der Waals surface area contributed by atoms with Crippen LogP contribution >= 0.6 is 0 Å². The van der Waals surface area contributed by atoms with Crippen LogP contribution in [0.4, 0.5) is 5.69 Å². The number of aliphatic hydroxyl groups excluding tert-OH is 1. The van der Waals surface area contributed by atoms with E-state index in [1.54, 1.807) is 12.1 Å². The van der Waals surface area contributed by atoms with Crippen LogP contribution in [0.2, 0.25) is 0 Å². The van der Waals surface area contributed by atoms with E-state index in [0.29, 0.717) is 17.2 Å². The molecule has 0 radical (unpaired) electrons. The summed E-state index contributed by atoms with van der Waals surface area (Å²) in [5.41, 5.74) is 0.904. The topological polar surface area (TPSA) is 95.9 Å². The number of carbonyl (C=O) groups is 2. The normalized spacial score (nSPS) is 13.4. The molecule has 6 nitrogen and oxygen atoms in total. The molecule has 3 N–H and O–H groups in total. The van der Waals surface area contributed by atoms with Crippen molar-refractivity contribution in [3.8, 4) is 5.75 Å². The predicted octanol–water partition coefficient (Wildman–Crippen LogP) is 4.15. The van der Waals surface area contributed by atoms with E-state index in [4.69, 9.17) is 4.74 Å². The minimum Gasteiger partial charge on any atom is -0.508 e. The molecular weight excluding hydrogens is 370 g/mol. The third-order valence-corrected chi connectivity index (χ3v) is 5.11. The van der Waals surface area contributed by atoms with Gasteiger partial charge in [0.05, 0.1) is 11.5 Å². The van der Waals surface area contributed by atoms with Crippen molar-refractivity contribution in [1.29, 1.82) is 0 Å². The maximum absolute atomic E-state index is 12.4. The van der Waals surface area contributed by atoms with E-state index in [2.05, 4.69) is 19.2 Å². The van der Waals surface area contributed by atoms with Crippen LogP contribution in [0.15, 0.2) is 48.5 Å². The lowest BCUT2D eigenvalue weighted by atomic mass is 9.82. The molecule has 0 heterocycles. The molecule has 0 fully saturated rings. The van der Waals surface area contributed by atoms with Gasteiger partial charge in [-0.2, -0.15) is 0 Å². The Bertz CT molecular complexity index is 845. The Kier molecular flexibility index (Phi) is 7.40. The smallest absolute Gasteiger partial charge is 0.315 e. The summed E-state index contributed by atoms with van der Waals surface area (Å²) in [6.07, 6.45) is -0.162. The predicted molar refractivity (Wildman–Crippen MR) is 112 cm³/mol. The van der Waals surface area contributed by atoms with Crippen molar-refractivity contribution < 1.29 is 24.5 Å². The second kappa shape index (κ2) is 9.56. The number of benzene rings is 2. The molecule has 0 aliphatic heterocycles. The molecule has 29 heavy (non-hydrogen) atoms. The molecule has 0 saturated heterocycles. The molecular formula is C23H29NO5. The fourth-order valence-corrected chi connectivity index (χ4v) is 2.87. The second-order valence-corrected chi connectivity index (χ2v) is 7.77. The summed E-state index contributed by atoms with van der Waals surface area (Å²) in [4.78, 5) is 24.6. The summed E-state index contributed by atoms with van der Waals surface area (Å²) in [5.74, 6) is -0.738. The van der Waals surface area contributed by atoms with Gasteiger partial charge in [-0.15, -0.1) is 0 Å². The van der Waals surface area contributed by atoms with E-state index < -0.39 is 30.0 Å². The Balaban J connectivity index is 1.92. The number of phenols is 1. The number of amides is 1. The first-order chi connectivity index (χ1) is 13.6. The number of carbonyl (C=O) groups excluding carboxylic acids is 2. The largest absolute Gasteiger partial charge is 0.508 e. The number of aromatic hydroxyl groups is 1. The van der Waals surface area contributed by atoms with E-state index in [0.717, 1.165) is 6.42 Å². The SMILES string of the molecule is CC[C@@H](C)c1ccc(NC(=O)COC(=O)C(C)(C)[C@H](O)c2cccc(O)c2)cc1. The van der Waals surface area contributed by atoms with Crippen LogP contribution in [0.1, 0.15) is 57.3 Å². The average Bonchev–Trinajstić information content (AvgIpc) is 2.71. The number of esters is 1. The number of ether oxygens (including phenoxy) is 1. The lowest BCUT2D eigenvalue weighted by molar-refractivity contribution is -0.162. The fourth-order valence-electron chi connectivity index (χ4n) is 2.87.